The van der Waals surface area contributed by atoms with E-state index in [1.165, 1.54) is 0 Å². The highest BCUT2D eigenvalue weighted by Gasteiger charge is 2.37. The molecule has 2 aliphatic rings. The van der Waals surface area contributed by atoms with Gasteiger partial charge in [0.05, 0.1) is 6.54 Å². The summed E-state index contributed by atoms with van der Waals surface area (Å²) in [6.45, 7) is 1.14. The van der Waals surface area contributed by atoms with Crippen molar-refractivity contribution in [1.82, 2.24) is 15.5 Å². The van der Waals surface area contributed by atoms with Gasteiger partial charge in [-0.3, -0.25) is 14.4 Å². The summed E-state index contributed by atoms with van der Waals surface area (Å²) in [5.41, 5.74) is 1.16. The summed E-state index contributed by atoms with van der Waals surface area (Å²) in [5, 5.41) is 5.53. The van der Waals surface area contributed by atoms with Crippen LogP contribution in [0.5, 0.6) is 0 Å². The second-order valence-corrected chi connectivity index (χ2v) is 7.47. The maximum absolute atomic E-state index is 12.6. The van der Waals surface area contributed by atoms with Crippen molar-refractivity contribution < 1.29 is 14.4 Å². The lowest BCUT2D eigenvalue weighted by atomic mass is 10.1. The molecule has 1 heterocycles. The summed E-state index contributed by atoms with van der Waals surface area (Å²) in [7, 11) is 0. The van der Waals surface area contributed by atoms with E-state index in [0.717, 1.165) is 44.1 Å². The molecule has 6 heteroatoms. The molecular formula is C21H29N3O3. The number of carbonyl (C=O) groups excluding carboxylic acids is 3. The Morgan fingerprint density at radius 3 is 2.44 bits per heavy atom. The molecule has 1 aliphatic carbocycles. The monoisotopic (exact) mass is 371 g/mol. The van der Waals surface area contributed by atoms with Crippen LogP contribution in [0, 0.1) is 5.92 Å². The average molecular weight is 371 g/mol. The maximum atomic E-state index is 12.6. The first-order chi connectivity index (χ1) is 13.1. The van der Waals surface area contributed by atoms with Crippen LogP contribution in [0.1, 0.15) is 44.1 Å². The zero-order valence-electron chi connectivity index (χ0n) is 15.8. The zero-order chi connectivity index (χ0) is 19.1. The van der Waals surface area contributed by atoms with Gasteiger partial charge in [-0.15, -0.1) is 0 Å². The van der Waals surface area contributed by atoms with Gasteiger partial charge in [0.15, 0.2) is 0 Å². The maximum Gasteiger partial charge on any atom is 0.243 e. The van der Waals surface area contributed by atoms with E-state index in [4.69, 9.17) is 0 Å². The molecule has 2 N–H and O–H groups in total. The molecule has 1 aromatic rings. The first-order valence-electron chi connectivity index (χ1n) is 10.0. The molecule has 0 aromatic heterocycles. The first-order valence-corrected chi connectivity index (χ1v) is 10.0. The van der Waals surface area contributed by atoms with E-state index in [9.17, 15) is 14.4 Å². The van der Waals surface area contributed by atoms with Crippen LogP contribution < -0.4 is 10.6 Å². The standard InChI is InChI=1S/C21H29N3O3/c25-19(22-13-12-16-7-2-1-3-8-16)15-23-20(26)18-11-6-14-24(18)21(27)17-9-4-5-10-17/h1-3,7-8,17-18H,4-6,9-15H2,(H,22,25)(H,23,26). The number of benzene rings is 1. The fourth-order valence-corrected chi connectivity index (χ4v) is 4.05. The Hall–Kier alpha value is -2.37. The fraction of sp³-hybridized carbons (Fsp3) is 0.571. The van der Waals surface area contributed by atoms with Gasteiger partial charge in [0.2, 0.25) is 17.7 Å². The van der Waals surface area contributed by atoms with Crippen molar-refractivity contribution in [3.8, 4) is 0 Å². The summed E-state index contributed by atoms with van der Waals surface area (Å²) in [6.07, 6.45) is 6.36. The van der Waals surface area contributed by atoms with Crippen LogP contribution in [-0.2, 0) is 20.8 Å². The van der Waals surface area contributed by atoms with Crippen molar-refractivity contribution in [2.24, 2.45) is 5.92 Å². The number of rotatable bonds is 7. The molecule has 1 aliphatic heterocycles. The number of carbonyl (C=O) groups is 3. The number of amides is 3. The molecule has 3 amide bonds. The normalized spacial score (nSPS) is 19.9. The van der Waals surface area contributed by atoms with Gasteiger partial charge in [0.1, 0.15) is 6.04 Å². The van der Waals surface area contributed by atoms with Crippen molar-refractivity contribution in [2.45, 2.75) is 51.0 Å². The number of likely N-dealkylation sites (tertiary alicyclic amines) is 1. The third-order valence-corrected chi connectivity index (χ3v) is 5.54. The highest BCUT2D eigenvalue weighted by atomic mass is 16.2. The molecule has 1 aromatic carbocycles. The smallest absolute Gasteiger partial charge is 0.243 e. The molecule has 2 fully saturated rings. The van der Waals surface area contributed by atoms with Gasteiger partial charge in [-0.05, 0) is 37.7 Å². The summed E-state index contributed by atoms with van der Waals surface area (Å²) in [6, 6.07) is 9.51. The summed E-state index contributed by atoms with van der Waals surface area (Å²) in [4.78, 5) is 38.8. The number of nitrogens with one attached hydrogen (secondary N) is 2. The third kappa shape index (κ3) is 5.31. The Labute approximate surface area is 160 Å². The van der Waals surface area contributed by atoms with E-state index in [1.807, 2.05) is 30.3 Å². The minimum absolute atomic E-state index is 0.0460. The quantitative estimate of drug-likeness (QED) is 0.765. The summed E-state index contributed by atoms with van der Waals surface area (Å²) < 4.78 is 0. The van der Waals surface area contributed by atoms with E-state index < -0.39 is 6.04 Å². The predicted octanol–water partition coefficient (Wildman–Crippen LogP) is 1.64. The molecule has 0 radical (unpaired) electrons. The first kappa shape index (κ1) is 19.4. The van der Waals surface area contributed by atoms with E-state index in [-0.39, 0.29) is 30.2 Å². The molecule has 6 nitrogen and oxygen atoms in total. The molecular weight excluding hydrogens is 342 g/mol. The van der Waals surface area contributed by atoms with Crippen molar-refractivity contribution in [3.63, 3.8) is 0 Å². The largest absolute Gasteiger partial charge is 0.354 e. The lowest BCUT2D eigenvalue weighted by molar-refractivity contribution is -0.141. The topological polar surface area (TPSA) is 78.5 Å². The van der Waals surface area contributed by atoms with Crippen molar-refractivity contribution in [3.05, 3.63) is 35.9 Å². The van der Waals surface area contributed by atoms with Crippen molar-refractivity contribution in [1.29, 1.82) is 0 Å². The van der Waals surface area contributed by atoms with Crippen LogP contribution in [0.25, 0.3) is 0 Å². The summed E-state index contributed by atoms with van der Waals surface area (Å²) >= 11 is 0. The Balaban J connectivity index is 1.40. The minimum atomic E-state index is -0.421. The second-order valence-electron chi connectivity index (χ2n) is 7.47. The van der Waals surface area contributed by atoms with Crippen molar-refractivity contribution >= 4 is 17.7 Å². The molecule has 27 heavy (non-hydrogen) atoms. The molecule has 1 saturated carbocycles. The van der Waals surface area contributed by atoms with Crippen LogP contribution >= 0.6 is 0 Å². The van der Waals surface area contributed by atoms with Gasteiger partial charge >= 0.3 is 0 Å². The molecule has 3 rings (SSSR count). The lowest BCUT2D eigenvalue weighted by Crippen LogP contribution is -2.49. The van der Waals surface area contributed by atoms with E-state index in [1.54, 1.807) is 4.90 Å². The highest BCUT2D eigenvalue weighted by molar-refractivity contribution is 5.91. The molecule has 0 bridgehead atoms. The van der Waals surface area contributed by atoms with E-state index >= 15 is 0 Å². The number of hydrogen-bond acceptors (Lipinski definition) is 3. The second kappa shape index (κ2) is 9.53. The summed E-state index contributed by atoms with van der Waals surface area (Å²) in [5.74, 6) is -0.208. The van der Waals surface area contributed by atoms with Gasteiger partial charge in [-0.1, -0.05) is 43.2 Å². The van der Waals surface area contributed by atoms with E-state index in [0.29, 0.717) is 19.5 Å². The molecule has 1 atom stereocenters. The molecule has 0 spiro atoms. The van der Waals surface area contributed by atoms with Gasteiger partial charge in [-0.25, -0.2) is 0 Å². The minimum Gasteiger partial charge on any atom is -0.354 e. The van der Waals surface area contributed by atoms with Crippen LogP contribution in [0.4, 0.5) is 0 Å². The number of hydrogen-bond donors (Lipinski definition) is 2. The average Bonchev–Trinajstić information content (AvgIpc) is 3.38. The Morgan fingerprint density at radius 1 is 0.963 bits per heavy atom. The van der Waals surface area contributed by atoms with Gasteiger partial charge in [0, 0.05) is 19.0 Å². The Kier molecular flexibility index (Phi) is 6.85. The third-order valence-electron chi connectivity index (χ3n) is 5.54. The van der Waals surface area contributed by atoms with Crippen LogP contribution in [0.3, 0.4) is 0 Å². The molecule has 1 saturated heterocycles. The van der Waals surface area contributed by atoms with Crippen LogP contribution in [0.15, 0.2) is 30.3 Å². The fourth-order valence-electron chi connectivity index (χ4n) is 4.05. The van der Waals surface area contributed by atoms with E-state index in [2.05, 4.69) is 10.6 Å². The van der Waals surface area contributed by atoms with Gasteiger partial charge in [-0.2, -0.15) is 0 Å². The lowest BCUT2D eigenvalue weighted by Gasteiger charge is -2.26. The van der Waals surface area contributed by atoms with Crippen molar-refractivity contribution in [2.75, 3.05) is 19.6 Å². The van der Waals surface area contributed by atoms with Gasteiger partial charge < -0.3 is 15.5 Å². The zero-order valence-corrected chi connectivity index (χ0v) is 15.8. The SMILES string of the molecule is O=C(CNC(=O)C1CCCN1C(=O)C1CCCC1)NCCc1ccccc1. The van der Waals surface area contributed by atoms with Gasteiger partial charge in [0.25, 0.3) is 0 Å². The predicted molar refractivity (Wildman–Crippen MR) is 103 cm³/mol. The highest BCUT2D eigenvalue weighted by Crippen LogP contribution is 2.29. The number of nitrogens with zero attached hydrogens (tertiary/aromatic N) is 1. The van der Waals surface area contributed by atoms with Crippen LogP contribution in [0.2, 0.25) is 0 Å². The Bertz CT molecular complexity index is 656. The Morgan fingerprint density at radius 2 is 1.70 bits per heavy atom. The van der Waals surface area contributed by atoms with Crippen LogP contribution in [-0.4, -0.2) is 48.3 Å². The molecule has 1 unspecified atom stereocenters. The molecule has 146 valence electrons.